The first kappa shape index (κ1) is 20.2. The Kier molecular flexibility index (Phi) is 4.48. The van der Waals surface area contributed by atoms with Crippen LogP contribution in [-0.4, -0.2) is 19.9 Å². The number of fused-ring (bicyclic) bond motifs is 8. The molecule has 5 heterocycles. The first-order valence-corrected chi connectivity index (χ1v) is 10.5. The molecule has 8 heteroatoms. The van der Waals surface area contributed by atoms with Gasteiger partial charge < -0.3 is 19.9 Å². The number of hydrogen-bond acceptors (Lipinski definition) is 0. The van der Waals surface area contributed by atoms with Crippen LogP contribution in [0.3, 0.4) is 0 Å². The Morgan fingerprint density at radius 1 is 0.471 bits per heavy atom. The third-order valence-electron chi connectivity index (χ3n) is 5.83. The van der Waals surface area contributed by atoms with Crippen molar-refractivity contribution in [2.45, 2.75) is 0 Å². The highest BCUT2D eigenvalue weighted by Crippen LogP contribution is 2.23. The Morgan fingerprint density at radius 3 is 1.68 bits per heavy atom. The summed E-state index contributed by atoms with van der Waals surface area (Å²) in [6, 6.07) is 19.0. The van der Waals surface area contributed by atoms with E-state index in [1.165, 1.54) is 36.4 Å². The molecular formula is C26H16F4N4. The van der Waals surface area contributed by atoms with Gasteiger partial charge in [0.05, 0.1) is 33.1 Å². The first-order valence-electron chi connectivity index (χ1n) is 10.5. The summed E-state index contributed by atoms with van der Waals surface area (Å²) in [6.45, 7) is 0. The number of benzene rings is 1. The molecule has 0 saturated heterocycles. The second-order valence-corrected chi connectivity index (χ2v) is 7.95. The second kappa shape index (κ2) is 7.55. The standard InChI is InChI=1S/C26H16F4N4/c27-14-12-21-22(13-4-2-1-3-5-13)15-6-7-16(31-15)23(28)17-8-9-18(32-17)24(29)19-10-11-20(33-19)25(30)26(14)34-21/h1-12,31-34H. The summed E-state index contributed by atoms with van der Waals surface area (Å²) < 4.78 is 60.5. The van der Waals surface area contributed by atoms with Crippen LogP contribution in [0.2, 0.25) is 0 Å². The van der Waals surface area contributed by atoms with Crippen LogP contribution in [0.25, 0.3) is 23.1 Å². The van der Waals surface area contributed by atoms with Crippen molar-refractivity contribution in [2.75, 3.05) is 0 Å². The molecule has 6 rings (SSSR count). The van der Waals surface area contributed by atoms with Gasteiger partial charge in [0.1, 0.15) is 5.35 Å². The molecule has 0 unspecified atom stereocenters. The van der Waals surface area contributed by atoms with Gasteiger partial charge >= 0.3 is 0 Å². The number of aromatic amines is 4. The molecule has 1 aliphatic rings. The van der Waals surface area contributed by atoms with E-state index in [0.717, 1.165) is 0 Å². The highest BCUT2D eigenvalue weighted by molar-refractivity contribution is 5.78. The van der Waals surface area contributed by atoms with Gasteiger partial charge in [-0.05, 0) is 42.0 Å². The minimum Gasteiger partial charge on any atom is -0.352 e. The average Bonchev–Trinajstić information content (AvgIpc) is 3.65. The van der Waals surface area contributed by atoms with Crippen molar-refractivity contribution in [1.82, 2.24) is 19.9 Å². The van der Waals surface area contributed by atoms with Crippen LogP contribution in [0, 0.1) is 5.82 Å². The number of hydrogen-bond donors (Lipinski definition) is 4. The number of nitrogens with one attached hydrogen (secondary N) is 4. The molecule has 4 N–H and O–H groups in total. The molecule has 0 amide bonds. The van der Waals surface area contributed by atoms with E-state index >= 15 is 8.78 Å². The normalized spacial score (nSPS) is 13.6. The second-order valence-electron chi connectivity index (χ2n) is 7.95. The molecule has 168 valence electrons. The average molecular weight is 460 g/mol. The fourth-order valence-corrected chi connectivity index (χ4v) is 4.18. The molecule has 0 spiro atoms. The van der Waals surface area contributed by atoms with Crippen LogP contribution in [0.1, 0.15) is 28.3 Å². The van der Waals surface area contributed by atoms with Crippen molar-refractivity contribution in [3.63, 3.8) is 0 Å². The molecule has 0 aliphatic carbocycles. The van der Waals surface area contributed by atoms with Crippen LogP contribution in [-0.2, 0) is 0 Å². The Balaban J connectivity index is 1.77. The van der Waals surface area contributed by atoms with Gasteiger partial charge in [-0.1, -0.05) is 30.3 Å². The lowest BCUT2D eigenvalue weighted by Gasteiger charge is -2.05. The quantitative estimate of drug-likeness (QED) is 0.278. The Bertz CT molecular complexity index is 1800. The van der Waals surface area contributed by atoms with Crippen molar-refractivity contribution >= 4 is 23.1 Å². The zero-order chi connectivity index (χ0) is 23.4. The SMILES string of the molecule is FC1=c2ccc([nH]2)=C(F)c2ccc([nH]2)C(F)=c2[nH]c(cc2F)=C(c2ccccc2)c2ccc1[nH]2. The van der Waals surface area contributed by atoms with Gasteiger partial charge in [-0.15, -0.1) is 0 Å². The van der Waals surface area contributed by atoms with E-state index in [-0.39, 0.29) is 33.1 Å². The fourth-order valence-electron chi connectivity index (χ4n) is 4.18. The molecule has 5 aromatic rings. The van der Waals surface area contributed by atoms with E-state index in [2.05, 4.69) is 19.9 Å². The summed E-state index contributed by atoms with van der Waals surface area (Å²) in [7, 11) is 0. The zero-order valence-corrected chi connectivity index (χ0v) is 17.4. The summed E-state index contributed by atoms with van der Waals surface area (Å²) in [5.74, 6) is -3.07. The van der Waals surface area contributed by atoms with Gasteiger partial charge in [0, 0.05) is 17.3 Å². The van der Waals surface area contributed by atoms with Crippen molar-refractivity contribution < 1.29 is 17.6 Å². The van der Waals surface area contributed by atoms with Gasteiger partial charge in [0.2, 0.25) is 0 Å². The Morgan fingerprint density at radius 2 is 1.03 bits per heavy atom. The number of aromatic nitrogens is 4. The van der Waals surface area contributed by atoms with Crippen molar-refractivity contribution in [3.8, 4) is 0 Å². The summed E-state index contributed by atoms with van der Waals surface area (Å²) in [5.41, 5.74) is 1.75. The van der Waals surface area contributed by atoms with E-state index in [9.17, 15) is 8.78 Å². The number of H-pyrrole nitrogens is 4. The Labute approximate surface area is 189 Å². The van der Waals surface area contributed by atoms with Gasteiger partial charge in [-0.25, -0.2) is 17.6 Å². The van der Waals surface area contributed by atoms with E-state index in [0.29, 0.717) is 22.2 Å². The summed E-state index contributed by atoms with van der Waals surface area (Å²) in [6.07, 6.45) is 0. The largest absolute Gasteiger partial charge is 0.352 e. The van der Waals surface area contributed by atoms with Gasteiger partial charge in [0.25, 0.3) is 0 Å². The summed E-state index contributed by atoms with van der Waals surface area (Å²) in [4.78, 5) is 11.2. The Hall–Kier alpha value is -4.46. The molecular weight excluding hydrogens is 444 g/mol. The molecule has 8 bridgehead atoms. The van der Waals surface area contributed by atoms with Gasteiger partial charge in [-0.2, -0.15) is 0 Å². The minimum atomic E-state index is -0.902. The van der Waals surface area contributed by atoms with E-state index in [1.807, 2.05) is 30.3 Å². The summed E-state index contributed by atoms with van der Waals surface area (Å²) in [5, 5.41) is 0.00444. The first-order chi connectivity index (χ1) is 16.5. The van der Waals surface area contributed by atoms with Crippen molar-refractivity contribution in [1.29, 1.82) is 0 Å². The van der Waals surface area contributed by atoms with Gasteiger partial charge in [-0.3, -0.25) is 0 Å². The predicted octanol–water partition coefficient (Wildman–Crippen LogP) is 3.08. The molecule has 0 saturated carbocycles. The number of rotatable bonds is 1. The molecule has 1 aliphatic heterocycles. The smallest absolute Gasteiger partial charge is 0.173 e. The molecule has 4 aromatic heterocycles. The fraction of sp³-hybridized carbons (Fsp3) is 0. The molecule has 4 nitrogen and oxygen atoms in total. The molecule has 34 heavy (non-hydrogen) atoms. The maximum absolute atomic E-state index is 15.3. The van der Waals surface area contributed by atoms with Gasteiger partial charge in [0.15, 0.2) is 23.3 Å². The molecule has 0 fully saturated rings. The topological polar surface area (TPSA) is 63.2 Å². The van der Waals surface area contributed by atoms with Crippen LogP contribution in [0.4, 0.5) is 17.6 Å². The molecule has 0 radical (unpaired) electrons. The van der Waals surface area contributed by atoms with Crippen LogP contribution < -0.4 is 21.4 Å². The molecule has 0 atom stereocenters. The van der Waals surface area contributed by atoms with Crippen LogP contribution >= 0.6 is 0 Å². The monoisotopic (exact) mass is 460 g/mol. The highest BCUT2D eigenvalue weighted by atomic mass is 19.1. The number of halogens is 4. The van der Waals surface area contributed by atoms with E-state index < -0.39 is 23.3 Å². The van der Waals surface area contributed by atoms with Crippen molar-refractivity contribution in [2.24, 2.45) is 0 Å². The third kappa shape index (κ3) is 3.14. The lowest BCUT2D eigenvalue weighted by Crippen LogP contribution is -2.17. The van der Waals surface area contributed by atoms with Crippen molar-refractivity contribution in [3.05, 3.63) is 128 Å². The zero-order valence-electron chi connectivity index (χ0n) is 17.4. The minimum absolute atomic E-state index is 0.0164. The lowest BCUT2D eigenvalue weighted by atomic mass is 10.0. The van der Waals surface area contributed by atoms with E-state index in [1.54, 1.807) is 6.07 Å². The van der Waals surface area contributed by atoms with Crippen LogP contribution in [0.5, 0.6) is 0 Å². The van der Waals surface area contributed by atoms with E-state index in [4.69, 9.17) is 0 Å². The highest BCUT2D eigenvalue weighted by Gasteiger charge is 2.17. The maximum atomic E-state index is 15.3. The molecule has 1 aromatic carbocycles. The van der Waals surface area contributed by atoms with Crippen LogP contribution in [0.15, 0.2) is 72.8 Å². The maximum Gasteiger partial charge on any atom is 0.173 e. The lowest BCUT2D eigenvalue weighted by molar-refractivity contribution is 0.611. The third-order valence-corrected chi connectivity index (χ3v) is 5.83. The predicted molar refractivity (Wildman–Crippen MR) is 121 cm³/mol. The summed E-state index contributed by atoms with van der Waals surface area (Å²) >= 11 is 0.